The van der Waals surface area contributed by atoms with E-state index >= 15 is 0 Å². The molecule has 0 bridgehead atoms. The van der Waals surface area contributed by atoms with Crippen molar-refractivity contribution >= 4 is 17.5 Å². The number of hydrogen-bond donors (Lipinski definition) is 2. The van der Waals surface area contributed by atoms with Gasteiger partial charge in [-0.15, -0.1) is 0 Å². The molecule has 8 nitrogen and oxygen atoms in total. The van der Waals surface area contributed by atoms with E-state index in [0.717, 1.165) is 11.3 Å². The normalized spacial score (nSPS) is 10.6. The average molecular weight is 368 g/mol. The predicted molar refractivity (Wildman–Crippen MR) is 98.6 cm³/mol. The van der Waals surface area contributed by atoms with Crippen LogP contribution >= 0.6 is 0 Å². The Morgan fingerprint density at radius 1 is 1.30 bits per heavy atom. The minimum Gasteiger partial charge on any atom is -0.486 e. The molecule has 0 fully saturated rings. The smallest absolute Gasteiger partial charge is 0.291 e. The molecule has 0 unspecified atom stereocenters. The van der Waals surface area contributed by atoms with Gasteiger partial charge < -0.3 is 20.2 Å². The van der Waals surface area contributed by atoms with Gasteiger partial charge in [-0.3, -0.25) is 14.3 Å². The summed E-state index contributed by atoms with van der Waals surface area (Å²) in [6.45, 7) is 4.56. The summed E-state index contributed by atoms with van der Waals surface area (Å²) in [5, 5.41) is 6.63. The van der Waals surface area contributed by atoms with E-state index in [0.29, 0.717) is 12.3 Å². The van der Waals surface area contributed by atoms with Crippen LogP contribution in [0.15, 0.2) is 47.0 Å². The highest BCUT2D eigenvalue weighted by Gasteiger charge is 2.18. The van der Waals surface area contributed by atoms with Crippen molar-refractivity contribution in [1.82, 2.24) is 9.78 Å². The van der Waals surface area contributed by atoms with Gasteiger partial charge in [0.25, 0.3) is 11.8 Å². The molecule has 140 valence electrons. The van der Waals surface area contributed by atoms with Gasteiger partial charge in [-0.25, -0.2) is 0 Å². The van der Waals surface area contributed by atoms with Crippen LogP contribution in [0.4, 0.5) is 5.69 Å². The number of furan rings is 1. The van der Waals surface area contributed by atoms with E-state index in [-0.39, 0.29) is 23.7 Å². The Hall–Kier alpha value is -3.55. The van der Waals surface area contributed by atoms with Crippen LogP contribution in [0, 0.1) is 6.92 Å². The van der Waals surface area contributed by atoms with Crippen LogP contribution in [0.5, 0.6) is 5.75 Å². The van der Waals surface area contributed by atoms with E-state index in [2.05, 4.69) is 10.4 Å². The second kappa shape index (κ2) is 7.77. The Morgan fingerprint density at radius 3 is 2.81 bits per heavy atom. The van der Waals surface area contributed by atoms with Gasteiger partial charge >= 0.3 is 0 Å². The highest BCUT2D eigenvalue weighted by atomic mass is 16.5. The number of aryl methyl sites for hydroxylation is 2. The third-order valence-corrected chi connectivity index (χ3v) is 3.82. The quantitative estimate of drug-likeness (QED) is 0.666. The summed E-state index contributed by atoms with van der Waals surface area (Å²) < 4.78 is 12.7. The number of aromatic nitrogens is 2. The first kappa shape index (κ1) is 18.2. The first-order valence-electron chi connectivity index (χ1n) is 8.43. The molecule has 3 N–H and O–H groups in total. The number of benzene rings is 1. The maximum atomic E-state index is 12.4. The molecular formula is C19H20N4O4. The lowest BCUT2D eigenvalue weighted by molar-refractivity contribution is 0.0992. The van der Waals surface area contributed by atoms with E-state index in [4.69, 9.17) is 14.9 Å². The van der Waals surface area contributed by atoms with Crippen molar-refractivity contribution in [2.75, 3.05) is 5.32 Å². The Labute approximate surface area is 155 Å². The number of nitrogens with zero attached hydrogens (tertiary/aromatic N) is 2. The number of hydrogen-bond acceptors (Lipinski definition) is 5. The number of nitrogens with two attached hydrogens (primary N) is 1. The van der Waals surface area contributed by atoms with E-state index < -0.39 is 11.8 Å². The van der Waals surface area contributed by atoms with Gasteiger partial charge in [-0.1, -0.05) is 12.1 Å². The largest absolute Gasteiger partial charge is 0.486 e. The number of carbonyl (C=O) groups is 2. The van der Waals surface area contributed by atoms with E-state index in [1.807, 2.05) is 38.1 Å². The summed E-state index contributed by atoms with van der Waals surface area (Å²) in [5.74, 6) is 0.0909. The van der Waals surface area contributed by atoms with Gasteiger partial charge in [-0.05, 0) is 43.7 Å². The summed E-state index contributed by atoms with van der Waals surface area (Å²) >= 11 is 0. The Morgan fingerprint density at radius 2 is 2.11 bits per heavy atom. The first-order chi connectivity index (χ1) is 13.0. The summed E-state index contributed by atoms with van der Waals surface area (Å²) in [4.78, 5) is 23.9. The summed E-state index contributed by atoms with van der Waals surface area (Å²) in [7, 11) is 0. The van der Waals surface area contributed by atoms with Crippen LogP contribution in [0.1, 0.15) is 39.3 Å². The van der Waals surface area contributed by atoms with Crippen molar-refractivity contribution in [3.8, 4) is 5.75 Å². The van der Waals surface area contributed by atoms with E-state index in [9.17, 15) is 9.59 Å². The third kappa shape index (κ3) is 4.35. The van der Waals surface area contributed by atoms with Crippen LogP contribution in [0.3, 0.4) is 0 Å². The average Bonchev–Trinajstić information content (AvgIpc) is 3.27. The number of primary amides is 1. The zero-order valence-corrected chi connectivity index (χ0v) is 15.1. The van der Waals surface area contributed by atoms with Crippen molar-refractivity contribution < 1.29 is 18.7 Å². The van der Waals surface area contributed by atoms with Gasteiger partial charge in [0.1, 0.15) is 18.1 Å². The maximum Gasteiger partial charge on any atom is 0.291 e. The molecule has 0 radical (unpaired) electrons. The lowest BCUT2D eigenvalue weighted by atomic mass is 10.2. The first-order valence-corrected chi connectivity index (χ1v) is 8.43. The molecule has 0 atom stereocenters. The molecule has 8 heteroatoms. The van der Waals surface area contributed by atoms with Gasteiger partial charge in [0.05, 0.1) is 5.69 Å². The van der Waals surface area contributed by atoms with Gasteiger partial charge in [-0.2, -0.15) is 5.10 Å². The van der Waals surface area contributed by atoms with Crippen molar-refractivity contribution in [1.29, 1.82) is 0 Å². The van der Waals surface area contributed by atoms with Gasteiger partial charge in [0.2, 0.25) is 0 Å². The molecule has 0 aliphatic heterocycles. The number of amides is 2. The molecule has 3 rings (SSSR count). The fourth-order valence-electron chi connectivity index (χ4n) is 2.48. The van der Waals surface area contributed by atoms with Crippen LogP contribution in [0.25, 0.3) is 0 Å². The zero-order valence-electron chi connectivity index (χ0n) is 15.1. The van der Waals surface area contributed by atoms with Crippen molar-refractivity contribution in [3.05, 3.63) is 65.4 Å². The molecule has 2 heterocycles. The lowest BCUT2D eigenvalue weighted by Gasteiger charge is -2.05. The number of ether oxygens (including phenoxy) is 1. The Kier molecular flexibility index (Phi) is 5.25. The topological polar surface area (TPSA) is 112 Å². The molecule has 3 aromatic rings. The van der Waals surface area contributed by atoms with Gasteiger partial charge in [0, 0.05) is 12.7 Å². The molecule has 0 spiro atoms. The third-order valence-electron chi connectivity index (χ3n) is 3.82. The number of carbonyl (C=O) groups excluding carboxylic acids is 2. The molecule has 2 aromatic heterocycles. The highest BCUT2D eigenvalue weighted by molar-refractivity contribution is 6.06. The Balaban J connectivity index is 1.66. The molecule has 0 aliphatic carbocycles. The number of nitrogens with one attached hydrogen (secondary N) is 1. The minimum atomic E-state index is -0.718. The standard InChI is InChI=1S/C19H20N4O4/c1-3-23-10-15(17(22-23)18(20)24)21-19(25)16-8-7-14(27-16)11-26-13-6-4-5-12(2)9-13/h4-10H,3,11H2,1-2H3,(H2,20,24)(H,21,25). The van der Waals surface area contributed by atoms with Crippen molar-refractivity contribution in [2.45, 2.75) is 27.0 Å². The second-order valence-corrected chi connectivity index (χ2v) is 5.94. The maximum absolute atomic E-state index is 12.4. The fourth-order valence-corrected chi connectivity index (χ4v) is 2.48. The number of rotatable bonds is 7. The predicted octanol–water partition coefficient (Wildman–Crippen LogP) is 2.73. The minimum absolute atomic E-state index is 0.000222. The SMILES string of the molecule is CCn1cc(NC(=O)c2ccc(COc3cccc(C)c3)o2)c(C(N)=O)n1. The summed E-state index contributed by atoms with van der Waals surface area (Å²) in [5.41, 5.74) is 6.63. The molecule has 2 amide bonds. The van der Waals surface area contributed by atoms with Gasteiger partial charge in [0.15, 0.2) is 11.5 Å². The highest BCUT2D eigenvalue weighted by Crippen LogP contribution is 2.18. The van der Waals surface area contributed by atoms with E-state index in [1.165, 1.54) is 4.68 Å². The Bertz CT molecular complexity index is 974. The van der Waals surface area contributed by atoms with Crippen molar-refractivity contribution in [3.63, 3.8) is 0 Å². The molecule has 27 heavy (non-hydrogen) atoms. The molecule has 1 aromatic carbocycles. The van der Waals surface area contributed by atoms with Crippen LogP contribution < -0.4 is 15.8 Å². The van der Waals surface area contributed by atoms with Crippen LogP contribution in [0.2, 0.25) is 0 Å². The molecule has 0 saturated heterocycles. The molecule has 0 saturated carbocycles. The monoisotopic (exact) mass is 368 g/mol. The fraction of sp³-hybridized carbons (Fsp3) is 0.211. The lowest BCUT2D eigenvalue weighted by Crippen LogP contribution is -2.17. The second-order valence-electron chi connectivity index (χ2n) is 5.94. The van der Waals surface area contributed by atoms with Crippen LogP contribution in [-0.2, 0) is 13.2 Å². The zero-order chi connectivity index (χ0) is 19.4. The van der Waals surface area contributed by atoms with Crippen molar-refractivity contribution in [2.24, 2.45) is 5.73 Å². The summed E-state index contributed by atoms with van der Waals surface area (Å²) in [6.07, 6.45) is 1.54. The number of anilines is 1. The van der Waals surface area contributed by atoms with E-state index in [1.54, 1.807) is 18.3 Å². The summed E-state index contributed by atoms with van der Waals surface area (Å²) in [6, 6.07) is 10.8. The van der Waals surface area contributed by atoms with Crippen LogP contribution in [-0.4, -0.2) is 21.6 Å². The molecule has 0 aliphatic rings. The molecular weight excluding hydrogens is 348 g/mol.